The molecular weight excluding hydrogens is 326 g/mol. The number of hydrogen-bond acceptors (Lipinski definition) is 4. The summed E-state index contributed by atoms with van der Waals surface area (Å²) >= 11 is 0. The lowest BCUT2D eigenvalue weighted by atomic mass is 9.88. The molecule has 2 aliphatic rings. The van der Waals surface area contributed by atoms with E-state index in [0.717, 1.165) is 55.1 Å². The minimum atomic E-state index is 0. The molecule has 0 aliphatic carbocycles. The molecule has 1 amide bonds. The number of hydrogen-bond donors (Lipinski definition) is 1. The van der Waals surface area contributed by atoms with Gasteiger partial charge in [-0.05, 0) is 50.3 Å². The smallest absolute Gasteiger partial charge is 0.228 e. The van der Waals surface area contributed by atoms with E-state index in [1.54, 1.807) is 0 Å². The van der Waals surface area contributed by atoms with E-state index in [1.165, 1.54) is 12.8 Å². The lowest BCUT2D eigenvalue weighted by Crippen LogP contribution is -2.43. The quantitative estimate of drug-likeness (QED) is 0.925. The Hall–Kier alpha value is -1.59. The number of carbonyl (C=O) groups excluding carboxylic acids is 1. The molecule has 130 valence electrons. The molecule has 0 radical (unpaired) electrons. The van der Waals surface area contributed by atoms with Gasteiger partial charge in [-0.1, -0.05) is 17.3 Å². The highest BCUT2D eigenvalue weighted by atomic mass is 35.5. The van der Waals surface area contributed by atoms with Crippen molar-refractivity contribution in [3.05, 3.63) is 30.0 Å². The highest BCUT2D eigenvalue weighted by Gasteiger charge is 2.30. The molecule has 2 fully saturated rings. The molecule has 1 aromatic carbocycles. The van der Waals surface area contributed by atoms with E-state index in [2.05, 4.69) is 10.5 Å². The molecule has 0 saturated carbocycles. The van der Waals surface area contributed by atoms with Crippen LogP contribution in [0.3, 0.4) is 0 Å². The number of amides is 1. The first-order valence-corrected chi connectivity index (χ1v) is 8.66. The van der Waals surface area contributed by atoms with Crippen LogP contribution in [0.4, 0.5) is 0 Å². The van der Waals surface area contributed by atoms with Crippen molar-refractivity contribution < 1.29 is 9.32 Å². The van der Waals surface area contributed by atoms with Gasteiger partial charge < -0.3 is 14.7 Å². The summed E-state index contributed by atoms with van der Waals surface area (Å²) < 4.78 is 5.29. The Balaban J connectivity index is 0.00000169. The van der Waals surface area contributed by atoms with Crippen LogP contribution in [0.5, 0.6) is 0 Å². The summed E-state index contributed by atoms with van der Waals surface area (Å²) in [7, 11) is 0. The van der Waals surface area contributed by atoms with Gasteiger partial charge in [-0.25, -0.2) is 0 Å². The van der Waals surface area contributed by atoms with Crippen LogP contribution in [0.2, 0.25) is 0 Å². The van der Waals surface area contributed by atoms with Gasteiger partial charge in [0.25, 0.3) is 0 Å². The Morgan fingerprint density at radius 3 is 2.79 bits per heavy atom. The average Bonchev–Trinajstić information content (AvgIpc) is 3.25. The maximum atomic E-state index is 12.6. The zero-order chi connectivity index (χ0) is 15.6. The summed E-state index contributed by atoms with van der Waals surface area (Å²) in [6.45, 7) is 2.90. The molecule has 2 saturated heterocycles. The predicted octanol–water partition coefficient (Wildman–Crippen LogP) is 2.78. The van der Waals surface area contributed by atoms with Crippen LogP contribution in [0, 0.1) is 5.92 Å². The second kappa shape index (κ2) is 7.53. The Bertz CT molecular complexity index is 688. The first kappa shape index (κ1) is 17.2. The number of benzene rings is 1. The minimum Gasteiger partial charge on any atom is -0.356 e. The predicted molar refractivity (Wildman–Crippen MR) is 95.3 cm³/mol. The summed E-state index contributed by atoms with van der Waals surface area (Å²) in [4.78, 5) is 14.6. The van der Waals surface area contributed by atoms with Crippen LogP contribution in [0.25, 0.3) is 11.0 Å². The number of carbonyl (C=O) groups is 1. The molecule has 2 aliphatic heterocycles. The number of fused-ring (bicyclic) bond motifs is 1. The molecule has 1 atom stereocenters. The molecule has 0 bridgehead atoms. The summed E-state index contributed by atoms with van der Waals surface area (Å²) in [6.07, 6.45) is 5.15. The molecule has 4 rings (SSSR count). The summed E-state index contributed by atoms with van der Waals surface area (Å²) in [6, 6.07) is 8.39. The third-order valence-corrected chi connectivity index (χ3v) is 5.33. The fourth-order valence-electron chi connectivity index (χ4n) is 3.99. The van der Waals surface area contributed by atoms with Gasteiger partial charge in [0.1, 0.15) is 5.69 Å². The van der Waals surface area contributed by atoms with Crippen molar-refractivity contribution in [1.82, 2.24) is 15.4 Å². The zero-order valence-corrected chi connectivity index (χ0v) is 14.6. The monoisotopic (exact) mass is 349 g/mol. The van der Waals surface area contributed by atoms with E-state index in [-0.39, 0.29) is 18.3 Å². The van der Waals surface area contributed by atoms with Crippen LogP contribution >= 0.6 is 12.4 Å². The van der Waals surface area contributed by atoms with Crippen molar-refractivity contribution in [1.29, 1.82) is 0 Å². The number of rotatable bonds is 3. The standard InChI is InChI=1S/C18H23N3O2.ClH/c22-18(12-16-14-4-1-2-6-17(14)23-20-16)21-10-7-13(8-11-21)15-5-3-9-19-15;/h1-2,4,6,13,15,19H,3,5,7-12H2;1H. The highest BCUT2D eigenvalue weighted by molar-refractivity contribution is 5.86. The van der Waals surface area contributed by atoms with E-state index in [9.17, 15) is 4.79 Å². The van der Waals surface area contributed by atoms with Gasteiger partial charge in [0.2, 0.25) is 5.91 Å². The molecule has 1 unspecified atom stereocenters. The topological polar surface area (TPSA) is 58.4 Å². The first-order valence-electron chi connectivity index (χ1n) is 8.66. The summed E-state index contributed by atoms with van der Waals surface area (Å²) in [5.74, 6) is 0.899. The fourth-order valence-corrected chi connectivity index (χ4v) is 3.99. The average molecular weight is 350 g/mol. The second-order valence-electron chi connectivity index (χ2n) is 6.72. The van der Waals surface area contributed by atoms with E-state index < -0.39 is 0 Å². The van der Waals surface area contributed by atoms with Gasteiger partial charge in [-0.15, -0.1) is 12.4 Å². The number of likely N-dealkylation sites (tertiary alicyclic amines) is 1. The van der Waals surface area contributed by atoms with E-state index in [4.69, 9.17) is 4.52 Å². The third kappa shape index (κ3) is 3.42. The first-order chi connectivity index (χ1) is 11.3. The van der Waals surface area contributed by atoms with Crippen molar-refractivity contribution in [3.63, 3.8) is 0 Å². The molecule has 1 aromatic heterocycles. The molecule has 0 spiro atoms. The van der Waals surface area contributed by atoms with Crippen molar-refractivity contribution >= 4 is 29.3 Å². The molecule has 5 nitrogen and oxygen atoms in total. The summed E-state index contributed by atoms with van der Waals surface area (Å²) in [5, 5.41) is 8.63. The molecule has 6 heteroatoms. The van der Waals surface area contributed by atoms with Gasteiger partial charge in [0, 0.05) is 24.5 Å². The van der Waals surface area contributed by atoms with E-state index in [0.29, 0.717) is 12.5 Å². The van der Waals surface area contributed by atoms with Gasteiger partial charge in [0.15, 0.2) is 5.58 Å². The van der Waals surface area contributed by atoms with Crippen LogP contribution in [-0.2, 0) is 11.2 Å². The Morgan fingerprint density at radius 2 is 2.04 bits per heavy atom. The molecule has 1 N–H and O–H groups in total. The number of piperidine rings is 1. The van der Waals surface area contributed by atoms with Gasteiger partial charge >= 0.3 is 0 Å². The van der Waals surface area contributed by atoms with E-state index in [1.807, 2.05) is 29.2 Å². The summed E-state index contributed by atoms with van der Waals surface area (Å²) in [5.41, 5.74) is 1.51. The number of halogens is 1. The lowest BCUT2D eigenvalue weighted by molar-refractivity contribution is -0.132. The van der Waals surface area contributed by atoms with E-state index >= 15 is 0 Å². The minimum absolute atomic E-state index is 0. The van der Waals surface area contributed by atoms with Crippen molar-refractivity contribution in [2.45, 2.75) is 38.1 Å². The third-order valence-electron chi connectivity index (χ3n) is 5.33. The van der Waals surface area contributed by atoms with Crippen LogP contribution < -0.4 is 5.32 Å². The highest BCUT2D eigenvalue weighted by Crippen LogP contribution is 2.26. The normalized spacial score (nSPS) is 21.8. The molecule has 2 aromatic rings. The number of nitrogens with zero attached hydrogens (tertiary/aromatic N) is 2. The van der Waals surface area contributed by atoms with Crippen molar-refractivity contribution in [2.75, 3.05) is 19.6 Å². The SMILES string of the molecule is Cl.O=C(Cc1noc2ccccc12)N1CCC(C2CCCN2)CC1. The maximum Gasteiger partial charge on any atom is 0.228 e. The van der Waals surface area contributed by atoms with Crippen LogP contribution in [0.15, 0.2) is 28.8 Å². The van der Waals surface area contributed by atoms with Gasteiger partial charge in [-0.2, -0.15) is 0 Å². The Morgan fingerprint density at radius 1 is 1.25 bits per heavy atom. The second-order valence-corrected chi connectivity index (χ2v) is 6.72. The largest absolute Gasteiger partial charge is 0.356 e. The molecular formula is C18H24ClN3O2. The van der Waals surface area contributed by atoms with Crippen LogP contribution in [0.1, 0.15) is 31.4 Å². The van der Waals surface area contributed by atoms with Crippen LogP contribution in [-0.4, -0.2) is 41.6 Å². The number of para-hydroxylation sites is 1. The Labute approximate surface area is 148 Å². The fraction of sp³-hybridized carbons (Fsp3) is 0.556. The lowest BCUT2D eigenvalue weighted by Gasteiger charge is -2.34. The van der Waals surface area contributed by atoms with Crippen molar-refractivity contribution in [2.24, 2.45) is 5.92 Å². The number of aromatic nitrogens is 1. The number of nitrogens with one attached hydrogen (secondary N) is 1. The van der Waals surface area contributed by atoms with Crippen molar-refractivity contribution in [3.8, 4) is 0 Å². The molecule has 24 heavy (non-hydrogen) atoms. The Kier molecular flexibility index (Phi) is 5.41. The maximum absolute atomic E-state index is 12.6. The zero-order valence-electron chi connectivity index (χ0n) is 13.7. The molecule has 3 heterocycles. The van der Waals surface area contributed by atoms with Gasteiger partial charge in [0.05, 0.1) is 6.42 Å². The van der Waals surface area contributed by atoms with Gasteiger partial charge in [-0.3, -0.25) is 4.79 Å².